The molecule has 0 spiro atoms. The van der Waals surface area contributed by atoms with Crippen LogP contribution in [-0.4, -0.2) is 48.6 Å². The van der Waals surface area contributed by atoms with Gasteiger partial charge in [0, 0.05) is 19.2 Å². The smallest absolute Gasteiger partial charge is 0.246 e. The fourth-order valence-electron chi connectivity index (χ4n) is 2.30. The summed E-state index contributed by atoms with van der Waals surface area (Å²) in [5.74, 6) is -0.153. The molecular weight excluding hydrogens is 208 g/mol. The molecule has 5 heteroatoms. The number of likely N-dealkylation sites (N-methyl/N-ethyl adjacent to an activating group) is 1. The molecule has 0 aromatic rings. The van der Waals surface area contributed by atoms with Gasteiger partial charge in [0.1, 0.15) is 0 Å². The Labute approximate surface area is 95.1 Å². The zero-order valence-electron chi connectivity index (χ0n) is 9.57. The lowest BCUT2D eigenvalue weighted by Gasteiger charge is -2.25. The molecule has 0 radical (unpaired) electrons. The molecule has 2 aliphatic rings. The van der Waals surface area contributed by atoms with Crippen LogP contribution in [0.25, 0.3) is 0 Å². The van der Waals surface area contributed by atoms with E-state index in [0.29, 0.717) is 19.6 Å². The Morgan fingerprint density at radius 2 is 2.31 bits per heavy atom. The van der Waals surface area contributed by atoms with Gasteiger partial charge in [-0.3, -0.25) is 14.5 Å². The second kappa shape index (κ2) is 4.93. The molecule has 2 atom stereocenters. The van der Waals surface area contributed by atoms with Crippen molar-refractivity contribution in [1.29, 1.82) is 0 Å². The number of amides is 2. The minimum absolute atomic E-state index is 0.0678. The summed E-state index contributed by atoms with van der Waals surface area (Å²) in [6.45, 7) is 3.74. The maximum atomic E-state index is 11.8. The number of hydrogen-bond acceptors (Lipinski definition) is 4. The summed E-state index contributed by atoms with van der Waals surface area (Å²) in [7, 11) is 0. The Hall–Kier alpha value is -0.940. The van der Waals surface area contributed by atoms with E-state index in [1.54, 1.807) is 0 Å². The summed E-state index contributed by atoms with van der Waals surface area (Å²) < 4.78 is 5.34. The van der Waals surface area contributed by atoms with Gasteiger partial charge in [0.2, 0.25) is 11.8 Å². The summed E-state index contributed by atoms with van der Waals surface area (Å²) in [5.41, 5.74) is 0. The van der Waals surface area contributed by atoms with Gasteiger partial charge in [0.05, 0.1) is 19.1 Å². The van der Waals surface area contributed by atoms with Crippen LogP contribution in [-0.2, 0) is 14.3 Å². The number of nitrogens with one attached hydrogen (secondary N) is 1. The van der Waals surface area contributed by atoms with Crippen LogP contribution in [0.15, 0.2) is 0 Å². The standard InChI is InChI=1S/C11H18N2O3/c1-2-13-10(14)6-9(11(13)15)12-8-4-3-5-16-7-8/h8-9,12H,2-7H2,1H3. The highest BCUT2D eigenvalue weighted by atomic mass is 16.5. The van der Waals surface area contributed by atoms with Crippen molar-refractivity contribution in [2.75, 3.05) is 19.8 Å². The van der Waals surface area contributed by atoms with E-state index in [0.717, 1.165) is 19.4 Å². The van der Waals surface area contributed by atoms with E-state index in [4.69, 9.17) is 4.74 Å². The molecule has 2 rings (SSSR count). The molecule has 0 bridgehead atoms. The molecule has 16 heavy (non-hydrogen) atoms. The van der Waals surface area contributed by atoms with Crippen LogP contribution in [0.3, 0.4) is 0 Å². The van der Waals surface area contributed by atoms with Crippen molar-refractivity contribution in [3.05, 3.63) is 0 Å². The minimum Gasteiger partial charge on any atom is -0.380 e. The summed E-state index contributed by atoms with van der Waals surface area (Å²) in [6.07, 6.45) is 2.33. The van der Waals surface area contributed by atoms with E-state index in [2.05, 4.69) is 5.32 Å². The van der Waals surface area contributed by atoms with Gasteiger partial charge < -0.3 is 10.1 Å². The van der Waals surface area contributed by atoms with Crippen molar-refractivity contribution in [3.8, 4) is 0 Å². The maximum absolute atomic E-state index is 11.8. The third-order valence-corrected chi connectivity index (χ3v) is 3.16. The minimum atomic E-state index is -0.334. The molecule has 2 amide bonds. The first kappa shape index (κ1) is 11.5. The van der Waals surface area contributed by atoms with E-state index in [-0.39, 0.29) is 23.9 Å². The third-order valence-electron chi connectivity index (χ3n) is 3.16. The highest BCUT2D eigenvalue weighted by Gasteiger charge is 2.38. The van der Waals surface area contributed by atoms with Crippen LogP contribution >= 0.6 is 0 Å². The lowest BCUT2D eigenvalue weighted by atomic mass is 10.1. The Morgan fingerprint density at radius 1 is 1.50 bits per heavy atom. The molecule has 2 saturated heterocycles. The second-order valence-corrected chi connectivity index (χ2v) is 4.31. The van der Waals surface area contributed by atoms with Crippen molar-refractivity contribution in [2.45, 2.75) is 38.3 Å². The van der Waals surface area contributed by atoms with Gasteiger partial charge in [0.25, 0.3) is 0 Å². The predicted molar refractivity (Wildman–Crippen MR) is 57.8 cm³/mol. The number of likely N-dealkylation sites (tertiary alicyclic amines) is 1. The van der Waals surface area contributed by atoms with Crippen molar-refractivity contribution >= 4 is 11.8 Å². The molecule has 1 N–H and O–H groups in total. The van der Waals surface area contributed by atoms with Crippen LogP contribution in [0.4, 0.5) is 0 Å². The Balaban J connectivity index is 1.90. The van der Waals surface area contributed by atoms with Crippen molar-refractivity contribution in [3.63, 3.8) is 0 Å². The highest BCUT2D eigenvalue weighted by molar-refractivity contribution is 6.05. The molecule has 2 aliphatic heterocycles. The lowest BCUT2D eigenvalue weighted by Crippen LogP contribution is -2.46. The van der Waals surface area contributed by atoms with Gasteiger partial charge in [-0.1, -0.05) is 0 Å². The molecule has 2 fully saturated rings. The summed E-state index contributed by atoms with van der Waals surface area (Å²) in [5, 5.41) is 3.23. The zero-order valence-corrected chi connectivity index (χ0v) is 9.57. The fraction of sp³-hybridized carbons (Fsp3) is 0.818. The lowest BCUT2D eigenvalue weighted by molar-refractivity contribution is -0.138. The molecule has 0 aromatic carbocycles. The van der Waals surface area contributed by atoms with E-state index < -0.39 is 0 Å². The molecule has 0 saturated carbocycles. The molecule has 2 heterocycles. The normalized spacial score (nSPS) is 31.2. The second-order valence-electron chi connectivity index (χ2n) is 4.31. The van der Waals surface area contributed by atoms with E-state index in [1.807, 2.05) is 6.92 Å². The Morgan fingerprint density at radius 3 is 2.88 bits per heavy atom. The molecule has 5 nitrogen and oxygen atoms in total. The maximum Gasteiger partial charge on any atom is 0.246 e. The largest absolute Gasteiger partial charge is 0.380 e. The first-order valence-corrected chi connectivity index (χ1v) is 5.90. The zero-order chi connectivity index (χ0) is 11.5. The first-order valence-electron chi connectivity index (χ1n) is 5.90. The molecule has 90 valence electrons. The molecule has 0 aliphatic carbocycles. The average molecular weight is 226 g/mol. The van der Waals surface area contributed by atoms with Crippen molar-refractivity contribution in [1.82, 2.24) is 10.2 Å². The SMILES string of the molecule is CCN1C(=O)CC(NC2CCCOC2)C1=O. The molecular formula is C11H18N2O3. The van der Waals surface area contributed by atoms with E-state index in [9.17, 15) is 9.59 Å². The van der Waals surface area contributed by atoms with Crippen LogP contribution in [0.5, 0.6) is 0 Å². The topological polar surface area (TPSA) is 58.6 Å². The van der Waals surface area contributed by atoms with E-state index >= 15 is 0 Å². The Kier molecular flexibility index (Phi) is 3.56. The fourth-order valence-corrected chi connectivity index (χ4v) is 2.30. The summed E-state index contributed by atoms with van der Waals surface area (Å²) in [6, 6.07) is -0.119. The number of carbonyl (C=O) groups excluding carboxylic acids is 2. The van der Waals surface area contributed by atoms with Gasteiger partial charge in [-0.05, 0) is 19.8 Å². The summed E-state index contributed by atoms with van der Waals surface area (Å²) in [4.78, 5) is 24.6. The molecule has 0 aromatic heterocycles. The van der Waals surface area contributed by atoms with Crippen LogP contribution in [0, 0.1) is 0 Å². The van der Waals surface area contributed by atoms with E-state index in [1.165, 1.54) is 4.90 Å². The third kappa shape index (κ3) is 2.25. The quantitative estimate of drug-likeness (QED) is 0.683. The number of nitrogens with zero attached hydrogens (tertiary/aromatic N) is 1. The van der Waals surface area contributed by atoms with Crippen LogP contribution in [0.2, 0.25) is 0 Å². The summed E-state index contributed by atoms with van der Waals surface area (Å²) >= 11 is 0. The van der Waals surface area contributed by atoms with Crippen LogP contribution in [0.1, 0.15) is 26.2 Å². The van der Waals surface area contributed by atoms with Gasteiger partial charge in [0.15, 0.2) is 0 Å². The number of rotatable bonds is 3. The van der Waals surface area contributed by atoms with Gasteiger partial charge in [-0.2, -0.15) is 0 Å². The number of ether oxygens (including phenoxy) is 1. The number of hydrogen-bond donors (Lipinski definition) is 1. The van der Waals surface area contributed by atoms with Gasteiger partial charge in [-0.15, -0.1) is 0 Å². The number of imide groups is 1. The monoisotopic (exact) mass is 226 g/mol. The first-order chi connectivity index (χ1) is 7.72. The van der Waals surface area contributed by atoms with Gasteiger partial charge in [-0.25, -0.2) is 0 Å². The number of carbonyl (C=O) groups is 2. The van der Waals surface area contributed by atoms with Crippen molar-refractivity contribution in [2.24, 2.45) is 0 Å². The average Bonchev–Trinajstić information content (AvgIpc) is 2.55. The highest BCUT2D eigenvalue weighted by Crippen LogP contribution is 2.15. The van der Waals surface area contributed by atoms with Gasteiger partial charge >= 0.3 is 0 Å². The molecule has 2 unspecified atom stereocenters. The van der Waals surface area contributed by atoms with Crippen LogP contribution < -0.4 is 5.32 Å². The predicted octanol–water partition coefficient (Wildman–Crippen LogP) is -0.0976. The Bertz CT molecular complexity index is 287. The van der Waals surface area contributed by atoms with Crippen molar-refractivity contribution < 1.29 is 14.3 Å².